The molecule has 0 spiro atoms. The van der Waals surface area contributed by atoms with Gasteiger partial charge in [0.25, 0.3) is 5.91 Å². The van der Waals surface area contributed by atoms with Crippen LogP contribution in [0.25, 0.3) is 0 Å². The van der Waals surface area contributed by atoms with Crippen LogP contribution in [-0.2, 0) is 19.6 Å². The van der Waals surface area contributed by atoms with Crippen molar-refractivity contribution >= 4 is 46.4 Å². The van der Waals surface area contributed by atoms with Crippen molar-refractivity contribution in [1.82, 2.24) is 9.21 Å². The number of likely N-dealkylation sites (N-methyl/N-ethyl adjacent to an activating group) is 1. The molecule has 0 unspecified atom stereocenters. The Bertz CT molecular complexity index is 781. The third kappa shape index (κ3) is 6.52. The zero-order valence-corrected chi connectivity index (χ0v) is 18.9. The van der Waals surface area contributed by atoms with Crippen molar-refractivity contribution in [2.75, 3.05) is 45.1 Å². The van der Waals surface area contributed by atoms with E-state index in [2.05, 4.69) is 10.2 Å². The van der Waals surface area contributed by atoms with Gasteiger partial charge in [0.2, 0.25) is 10.0 Å². The minimum absolute atomic E-state index is 0. The van der Waals surface area contributed by atoms with Crippen LogP contribution in [0.5, 0.6) is 0 Å². The maximum atomic E-state index is 13.0. The Morgan fingerprint density at radius 3 is 2.66 bits per heavy atom. The first kappa shape index (κ1) is 26.1. The van der Waals surface area contributed by atoms with E-state index >= 15 is 0 Å². The lowest BCUT2D eigenvalue weighted by molar-refractivity contribution is -0.126. The van der Waals surface area contributed by atoms with Gasteiger partial charge in [0.15, 0.2) is 0 Å². The molecule has 0 aliphatic carbocycles. The highest BCUT2D eigenvalue weighted by Crippen LogP contribution is 2.23. The number of nitrogens with one attached hydrogen (secondary N) is 1. The van der Waals surface area contributed by atoms with Gasteiger partial charge in [0.05, 0.1) is 11.0 Å². The van der Waals surface area contributed by atoms with E-state index in [1.165, 1.54) is 10.4 Å². The summed E-state index contributed by atoms with van der Waals surface area (Å²) >= 11 is 0. The second-order valence-corrected chi connectivity index (χ2v) is 9.08. The highest BCUT2D eigenvalue weighted by atomic mass is 35.5. The second kappa shape index (κ2) is 11.5. The smallest absolute Gasteiger partial charge is 0.253 e. The van der Waals surface area contributed by atoms with Gasteiger partial charge < -0.3 is 20.7 Å². The number of sulfonamides is 1. The molecule has 2 atom stereocenters. The zero-order chi connectivity index (χ0) is 19.4. The first-order valence-corrected chi connectivity index (χ1v) is 10.8. The minimum Gasteiger partial charge on any atom is -0.364 e. The Kier molecular flexibility index (Phi) is 10.3. The Labute approximate surface area is 185 Å². The van der Waals surface area contributed by atoms with Crippen molar-refractivity contribution in [1.29, 1.82) is 0 Å². The first-order chi connectivity index (χ1) is 12.9. The van der Waals surface area contributed by atoms with E-state index in [-0.39, 0.29) is 41.7 Å². The number of hydrogen-bond donors (Lipinski definition) is 2. The van der Waals surface area contributed by atoms with E-state index in [4.69, 9.17) is 10.5 Å². The van der Waals surface area contributed by atoms with Gasteiger partial charge >= 0.3 is 0 Å². The molecule has 2 aliphatic heterocycles. The fraction of sp³-hybridized carbons (Fsp3) is 0.611. The van der Waals surface area contributed by atoms with E-state index in [9.17, 15) is 13.2 Å². The molecule has 8 nitrogen and oxygen atoms in total. The molecule has 0 radical (unpaired) electrons. The van der Waals surface area contributed by atoms with Crippen molar-refractivity contribution in [2.24, 2.45) is 5.73 Å². The van der Waals surface area contributed by atoms with Crippen molar-refractivity contribution in [3.63, 3.8) is 0 Å². The molecule has 0 aromatic heterocycles. The molecule has 1 aromatic rings. The minimum atomic E-state index is -3.59. The predicted octanol–water partition coefficient (Wildman–Crippen LogP) is 1.30. The highest BCUT2D eigenvalue weighted by Gasteiger charge is 2.30. The Balaban J connectivity index is 0.00000210. The molecule has 2 aliphatic rings. The molecule has 0 saturated carbocycles. The number of ether oxygens (including phenoxy) is 1. The van der Waals surface area contributed by atoms with E-state index < -0.39 is 16.1 Å². The molecule has 11 heteroatoms. The summed E-state index contributed by atoms with van der Waals surface area (Å²) in [7, 11) is -1.60. The van der Waals surface area contributed by atoms with E-state index in [0.717, 1.165) is 19.4 Å². The van der Waals surface area contributed by atoms with Crippen LogP contribution in [0.3, 0.4) is 0 Å². The van der Waals surface area contributed by atoms with Gasteiger partial charge in [-0.1, -0.05) is 6.07 Å². The molecule has 29 heavy (non-hydrogen) atoms. The molecular weight excluding hydrogens is 439 g/mol. The van der Waals surface area contributed by atoms with Gasteiger partial charge in [0, 0.05) is 31.9 Å². The SMILES string of the molecule is CN1CCCN(S(=O)(=O)c2cccc(NC(=O)[C@@H]3CC[C@H](CN)O3)c2)CC1.Cl.Cl. The summed E-state index contributed by atoms with van der Waals surface area (Å²) in [4.78, 5) is 14.7. The average Bonchev–Trinajstić information content (AvgIpc) is 3.03. The summed E-state index contributed by atoms with van der Waals surface area (Å²) in [5, 5.41) is 2.77. The molecule has 3 rings (SSSR count). The van der Waals surface area contributed by atoms with Gasteiger partial charge in [-0.25, -0.2) is 8.42 Å². The third-order valence-electron chi connectivity index (χ3n) is 5.08. The van der Waals surface area contributed by atoms with Crippen LogP contribution < -0.4 is 11.1 Å². The average molecular weight is 469 g/mol. The predicted molar refractivity (Wildman–Crippen MR) is 117 cm³/mol. The number of halogens is 2. The molecular formula is C18H30Cl2N4O4S. The number of amides is 1. The summed E-state index contributed by atoms with van der Waals surface area (Å²) in [5.74, 6) is -0.267. The Morgan fingerprint density at radius 1 is 1.21 bits per heavy atom. The van der Waals surface area contributed by atoms with Crippen LogP contribution in [0, 0.1) is 0 Å². The number of carbonyl (C=O) groups is 1. The topological polar surface area (TPSA) is 105 Å². The lowest BCUT2D eigenvalue weighted by atomic mass is 10.2. The monoisotopic (exact) mass is 468 g/mol. The summed E-state index contributed by atoms with van der Waals surface area (Å²) in [6.45, 7) is 2.94. The summed E-state index contributed by atoms with van der Waals surface area (Å²) in [6.07, 6.45) is 1.54. The number of carbonyl (C=O) groups excluding carboxylic acids is 1. The molecule has 3 N–H and O–H groups in total. The van der Waals surface area contributed by atoms with Crippen molar-refractivity contribution in [2.45, 2.75) is 36.4 Å². The van der Waals surface area contributed by atoms with Crippen molar-refractivity contribution < 1.29 is 17.9 Å². The molecule has 0 bridgehead atoms. The number of benzene rings is 1. The van der Waals surface area contributed by atoms with Gasteiger partial charge in [-0.05, 0) is 51.1 Å². The lowest BCUT2D eigenvalue weighted by Crippen LogP contribution is -2.34. The van der Waals surface area contributed by atoms with E-state index in [1.807, 2.05) is 7.05 Å². The maximum Gasteiger partial charge on any atom is 0.253 e. The Morgan fingerprint density at radius 2 is 1.97 bits per heavy atom. The second-order valence-electron chi connectivity index (χ2n) is 7.14. The van der Waals surface area contributed by atoms with Crippen molar-refractivity contribution in [3.8, 4) is 0 Å². The van der Waals surface area contributed by atoms with Crippen LogP contribution >= 0.6 is 24.8 Å². The van der Waals surface area contributed by atoms with E-state index in [1.54, 1.807) is 18.2 Å². The number of hydrogen-bond acceptors (Lipinski definition) is 6. The molecule has 1 amide bonds. The first-order valence-electron chi connectivity index (χ1n) is 9.35. The van der Waals surface area contributed by atoms with Crippen LogP contribution in [0.2, 0.25) is 0 Å². The van der Waals surface area contributed by atoms with Crippen LogP contribution in [0.1, 0.15) is 19.3 Å². The zero-order valence-electron chi connectivity index (χ0n) is 16.5. The van der Waals surface area contributed by atoms with Gasteiger partial charge in [-0.3, -0.25) is 4.79 Å². The highest BCUT2D eigenvalue weighted by molar-refractivity contribution is 7.89. The summed E-state index contributed by atoms with van der Waals surface area (Å²) in [6, 6.07) is 6.40. The number of anilines is 1. The fourth-order valence-electron chi connectivity index (χ4n) is 3.44. The molecule has 166 valence electrons. The van der Waals surface area contributed by atoms with Crippen molar-refractivity contribution in [3.05, 3.63) is 24.3 Å². The van der Waals surface area contributed by atoms with Crippen LogP contribution in [0.15, 0.2) is 29.2 Å². The third-order valence-corrected chi connectivity index (χ3v) is 6.98. The number of nitrogens with two attached hydrogens (primary N) is 1. The molecule has 2 heterocycles. The van der Waals surface area contributed by atoms with Crippen LogP contribution in [-0.4, -0.2) is 75.5 Å². The van der Waals surface area contributed by atoms with Gasteiger partial charge in [-0.15, -0.1) is 24.8 Å². The molecule has 2 saturated heterocycles. The van der Waals surface area contributed by atoms with Gasteiger partial charge in [-0.2, -0.15) is 4.31 Å². The number of rotatable bonds is 5. The van der Waals surface area contributed by atoms with E-state index in [0.29, 0.717) is 38.3 Å². The fourth-order valence-corrected chi connectivity index (χ4v) is 4.96. The van der Waals surface area contributed by atoms with Gasteiger partial charge in [0.1, 0.15) is 6.10 Å². The standard InChI is InChI=1S/C18H28N4O4S.2ClH/c1-21-8-3-9-22(11-10-21)27(24,25)16-5-2-4-14(12-16)20-18(23)17-7-6-15(13-19)26-17;;/h2,4-5,12,15,17H,3,6-11,13,19H2,1H3,(H,20,23);2*1H/t15-,17+;;/m1../s1. The molecule has 1 aromatic carbocycles. The van der Waals surface area contributed by atoms with Crippen LogP contribution in [0.4, 0.5) is 5.69 Å². The lowest BCUT2D eigenvalue weighted by Gasteiger charge is -2.20. The largest absolute Gasteiger partial charge is 0.364 e. The summed E-state index contributed by atoms with van der Waals surface area (Å²) < 4.78 is 33.1. The maximum absolute atomic E-state index is 13.0. The number of nitrogens with zero attached hydrogens (tertiary/aromatic N) is 2. The summed E-state index contributed by atoms with van der Waals surface area (Å²) in [5.41, 5.74) is 6.03. The normalized spacial score (nSPS) is 23.5. The quantitative estimate of drug-likeness (QED) is 0.674. The Hall–Kier alpha value is -0.940. The molecule has 2 fully saturated rings.